The summed E-state index contributed by atoms with van der Waals surface area (Å²) >= 11 is 0. The van der Waals surface area contributed by atoms with E-state index in [4.69, 9.17) is 0 Å². The number of carbonyl (C=O) groups excluding carboxylic acids is 2. The van der Waals surface area contributed by atoms with Crippen LogP contribution in [0.3, 0.4) is 0 Å². The van der Waals surface area contributed by atoms with Gasteiger partial charge in [0.25, 0.3) is 5.69 Å². The van der Waals surface area contributed by atoms with Gasteiger partial charge in [0.15, 0.2) is 0 Å². The van der Waals surface area contributed by atoms with Crippen LogP contribution in [0.25, 0.3) is 0 Å². The molecule has 1 aromatic carbocycles. The van der Waals surface area contributed by atoms with E-state index in [0.29, 0.717) is 5.69 Å². The average molecular weight is 278 g/mol. The van der Waals surface area contributed by atoms with Gasteiger partial charge in [-0.25, -0.2) is 0 Å². The van der Waals surface area contributed by atoms with Crippen molar-refractivity contribution in [3.05, 3.63) is 33.9 Å². The van der Waals surface area contributed by atoms with Crippen LogP contribution in [0.4, 0.5) is 11.4 Å². The third-order valence-corrected chi connectivity index (χ3v) is 3.35. The number of nitrogens with zero attached hydrogens (tertiary/aromatic N) is 2. The van der Waals surface area contributed by atoms with Gasteiger partial charge in [-0.05, 0) is 12.5 Å². The average Bonchev–Trinajstić information content (AvgIpc) is 2.80. The lowest BCUT2D eigenvalue weighted by molar-refractivity contribution is -0.384. The summed E-state index contributed by atoms with van der Waals surface area (Å²) in [5.74, 6) is -1.20. The first-order valence-electron chi connectivity index (χ1n) is 6.07. The maximum absolute atomic E-state index is 12.0. The van der Waals surface area contributed by atoms with E-state index in [1.165, 1.54) is 24.1 Å². The Kier molecular flexibility index (Phi) is 3.69. The molecule has 7 nitrogen and oxygen atoms in total. The molecule has 106 valence electrons. The minimum atomic E-state index is -0.522. The Morgan fingerprint density at radius 1 is 1.50 bits per heavy atom. The van der Waals surface area contributed by atoms with Gasteiger partial charge in [0.2, 0.25) is 5.91 Å². The summed E-state index contributed by atoms with van der Waals surface area (Å²) in [5.41, 5.74) is 1.13. The number of nitro groups is 1. The molecule has 7 heteroatoms. The Bertz CT molecular complexity index is 584. The number of rotatable bonds is 3. The second-order valence-electron chi connectivity index (χ2n) is 4.66. The number of hydrogen-bond donors (Lipinski definition) is 0. The fraction of sp³-hybridized carbons (Fsp3) is 0.385. The zero-order valence-electron chi connectivity index (χ0n) is 11.2. The van der Waals surface area contributed by atoms with Crippen LogP contribution in [0.1, 0.15) is 12.0 Å². The molecule has 0 unspecified atom stereocenters. The molecule has 1 saturated heterocycles. The Morgan fingerprint density at radius 3 is 2.80 bits per heavy atom. The minimum Gasteiger partial charge on any atom is -0.469 e. The molecule has 1 heterocycles. The highest BCUT2D eigenvalue weighted by Crippen LogP contribution is 2.31. The SMILES string of the molecule is COC(=O)[C@H]1CC(=O)N(c2cc([N+](=O)[O-])ccc2C)C1. The molecule has 1 fully saturated rings. The first kappa shape index (κ1) is 14.0. The van der Waals surface area contributed by atoms with Crippen LogP contribution in [0.5, 0.6) is 0 Å². The third kappa shape index (κ3) is 2.47. The summed E-state index contributed by atoms with van der Waals surface area (Å²) in [5, 5.41) is 10.8. The summed E-state index contributed by atoms with van der Waals surface area (Å²) in [4.78, 5) is 35.2. The number of amides is 1. The van der Waals surface area contributed by atoms with E-state index >= 15 is 0 Å². The number of hydrogen-bond acceptors (Lipinski definition) is 5. The summed E-state index contributed by atoms with van der Waals surface area (Å²) in [6.45, 7) is 1.95. The number of nitro benzene ring substituents is 1. The lowest BCUT2D eigenvalue weighted by Gasteiger charge is -2.18. The molecule has 1 amide bonds. The number of benzene rings is 1. The van der Waals surface area contributed by atoms with Crippen molar-refractivity contribution in [2.24, 2.45) is 5.92 Å². The van der Waals surface area contributed by atoms with Gasteiger partial charge in [0, 0.05) is 25.1 Å². The molecule has 0 radical (unpaired) electrons. The van der Waals surface area contributed by atoms with Crippen LogP contribution in [-0.2, 0) is 14.3 Å². The summed E-state index contributed by atoms with van der Waals surface area (Å²) < 4.78 is 4.63. The van der Waals surface area contributed by atoms with Crippen molar-refractivity contribution in [2.75, 3.05) is 18.6 Å². The van der Waals surface area contributed by atoms with Gasteiger partial charge in [0.05, 0.1) is 23.6 Å². The molecule has 1 aliphatic heterocycles. The number of esters is 1. The van der Waals surface area contributed by atoms with Crippen molar-refractivity contribution in [1.29, 1.82) is 0 Å². The molecule has 0 aromatic heterocycles. The maximum atomic E-state index is 12.0. The van der Waals surface area contributed by atoms with Crippen LogP contribution in [0, 0.1) is 23.0 Å². The van der Waals surface area contributed by atoms with Crippen molar-refractivity contribution < 1.29 is 19.2 Å². The second-order valence-corrected chi connectivity index (χ2v) is 4.66. The van der Waals surface area contributed by atoms with E-state index in [-0.39, 0.29) is 24.6 Å². The lowest BCUT2D eigenvalue weighted by Crippen LogP contribution is -2.26. The Balaban J connectivity index is 2.32. The number of aryl methyl sites for hydroxylation is 1. The summed E-state index contributed by atoms with van der Waals surface area (Å²) in [7, 11) is 1.27. The van der Waals surface area contributed by atoms with Crippen molar-refractivity contribution in [1.82, 2.24) is 0 Å². The Morgan fingerprint density at radius 2 is 2.20 bits per heavy atom. The van der Waals surface area contributed by atoms with Crippen molar-refractivity contribution in [2.45, 2.75) is 13.3 Å². The van der Waals surface area contributed by atoms with E-state index in [1.54, 1.807) is 13.0 Å². The lowest BCUT2D eigenvalue weighted by atomic mass is 10.1. The normalized spacial score (nSPS) is 18.2. The Labute approximate surface area is 115 Å². The molecule has 0 aliphatic carbocycles. The van der Waals surface area contributed by atoms with Gasteiger partial charge in [-0.15, -0.1) is 0 Å². The van der Waals surface area contributed by atoms with Crippen molar-refractivity contribution in [3.63, 3.8) is 0 Å². The number of anilines is 1. The number of methoxy groups -OCH3 is 1. The van der Waals surface area contributed by atoms with Crippen LogP contribution >= 0.6 is 0 Å². The molecule has 1 atom stereocenters. The largest absolute Gasteiger partial charge is 0.469 e. The zero-order chi connectivity index (χ0) is 14.9. The van der Waals surface area contributed by atoms with Crippen molar-refractivity contribution >= 4 is 23.3 Å². The van der Waals surface area contributed by atoms with Gasteiger partial charge < -0.3 is 9.64 Å². The summed E-state index contributed by atoms with van der Waals surface area (Å²) in [6, 6.07) is 4.33. The fourth-order valence-electron chi connectivity index (χ4n) is 2.27. The van der Waals surface area contributed by atoms with Crippen LogP contribution in [0.2, 0.25) is 0 Å². The highest BCUT2D eigenvalue weighted by atomic mass is 16.6. The smallest absolute Gasteiger partial charge is 0.311 e. The predicted octanol–water partition coefficient (Wildman–Crippen LogP) is 1.43. The topological polar surface area (TPSA) is 89.8 Å². The predicted molar refractivity (Wildman–Crippen MR) is 70.3 cm³/mol. The standard InChI is InChI=1S/C13H14N2O5/c1-8-3-4-10(15(18)19)6-11(8)14-7-9(5-12(14)16)13(17)20-2/h3-4,6,9H,5,7H2,1-2H3/t9-/m0/s1. The molecule has 20 heavy (non-hydrogen) atoms. The van der Waals surface area contributed by atoms with Crippen LogP contribution in [0.15, 0.2) is 18.2 Å². The second kappa shape index (κ2) is 5.28. The Hall–Kier alpha value is -2.44. The molecular formula is C13H14N2O5. The van der Waals surface area contributed by atoms with Gasteiger partial charge in [-0.1, -0.05) is 6.07 Å². The molecule has 2 rings (SSSR count). The zero-order valence-corrected chi connectivity index (χ0v) is 11.2. The van der Waals surface area contributed by atoms with Crippen LogP contribution in [-0.4, -0.2) is 30.5 Å². The van der Waals surface area contributed by atoms with Gasteiger partial charge in [0.1, 0.15) is 0 Å². The fourth-order valence-corrected chi connectivity index (χ4v) is 2.27. The van der Waals surface area contributed by atoms with Gasteiger partial charge in [-0.2, -0.15) is 0 Å². The first-order chi connectivity index (χ1) is 9.43. The minimum absolute atomic E-state index is 0.0643. The monoisotopic (exact) mass is 278 g/mol. The first-order valence-corrected chi connectivity index (χ1v) is 6.07. The molecule has 0 N–H and O–H groups in total. The third-order valence-electron chi connectivity index (χ3n) is 3.35. The van der Waals surface area contributed by atoms with Gasteiger partial charge >= 0.3 is 5.97 Å². The van der Waals surface area contributed by atoms with E-state index in [0.717, 1.165) is 5.56 Å². The molecular weight excluding hydrogens is 264 g/mol. The van der Waals surface area contributed by atoms with Crippen molar-refractivity contribution in [3.8, 4) is 0 Å². The number of carbonyl (C=O) groups is 2. The van der Waals surface area contributed by atoms with Crippen LogP contribution < -0.4 is 4.90 Å². The molecule has 0 spiro atoms. The number of non-ortho nitro benzene ring substituents is 1. The molecule has 0 bridgehead atoms. The van der Waals surface area contributed by atoms with Gasteiger partial charge in [-0.3, -0.25) is 19.7 Å². The highest BCUT2D eigenvalue weighted by Gasteiger charge is 2.36. The number of ether oxygens (including phenoxy) is 1. The van der Waals surface area contributed by atoms with E-state index in [9.17, 15) is 19.7 Å². The van der Waals surface area contributed by atoms with E-state index in [2.05, 4.69) is 4.74 Å². The highest BCUT2D eigenvalue weighted by molar-refractivity contribution is 6.00. The van der Waals surface area contributed by atoms with E-state index < -0.39 is 16.8 Å². The molecule has 1 aliphatic rings. The summed E-state index contributed by atoms with van der Waals surface area (Å²) in [6.07, 6.45) is 0.0643. The molecule has 1 aromatic rings. The molecule has 0 saturated carbocycles. The maximum Gasteiger partial charge on any atom is 0.311 e. The quantitative estimate of drug-likeness (QED) is 0.474. The van der Waals surface area contributed by atoms with E-state index in [1.807, 2.05) is 0 Å².